The fourth-order valence-electron chi connectivity index (χ4n) is 4.34. The average molecular weight is 351 g/mol. The highest BCUT2D eigenvalue weighted by Gasteiger charge is 2.22. The van der Waals surface area contributed by atoms with E-state index in [4.69, 9.17) is 10.5 Å². The van der Waals surface area contributed by atoms with Crippen LogP contribution in [0, 0.1) is 0 Å². The van der Waals surface area contributed by atoms with E-state index >= 15 is 0 Å². The maximum Gasteiger partial charge on any atom is 0.124 e. The summed E-state index contributed by atoms with van der Waals surface area (Å²) in [7, 11) is 0. The number of nitrogens with two attached hydrogens (primary N) is 1. The first kappa shape index (κ1) is 17.3. The van der Waals surface area contributed by atoms with Crippen LogP contribution < -0.4 is 10.5 Å². The van der Waals surface area contributed by atoms with Crippen molar-refractivity contribution in [2.75, 3.05) is 32.0 Å². The molecule has 0 bridgehead atoms. The molecule has 1 aliphatic heterocycles. The van der Waals surface area contributed by atoms with Gasteiger partial charge in [0.2, 0.25) is 0 Å². The first-order chi connectivity index (χ1) is 12.8. The summed E-state index contributed by atoms with van der Waals surface area (Å²) in [5, 5.41) is 0. The molecule has 2 aromatic rings. The van der Waals surface area contributed by atoms with E-state index in [1.807, 2.05) is 12.1 Å². The Hall–Kier alpha value is -2.07. The number of ether oxygens (including phenoxy) is 1. The first-order valence-electron chi connectivity index (χ1n) is 10.0. The minimum Gasteiger partial charge on any atom is -0.492 e. The number of benzene rings is 1. The van der Waals surface area contributed by atoms with E-state index in [2.05, 4.69) is 34.1 Å². The fourth-order valence-corrected chi connectivity index (χ4v) is 4.34. The van der Waals surface area contributed by atoms with E-state index in [0.29, 0.717) is 11.7 Å². The van der Waals surface area contributed by atoms with Crippen LogP contribution in [0.3, 0.4) is 0 Å². The summed E-state index contributed by atoms with van der Waals surface area (Å²) in [6, 6.07) is 12.4. The van der Waals surface area contributed by atoms with E-state index in [1.165, 1.54) is 62.7 Å². The second-order valence-electron chi connectivity index (χ2n) is 7.58. The molecule has 138 valence electrons. The van der Waals surface area contributed by atoms with Crippen molar-refractivity contribution in [2.24, 2.45) is 0 Å². The normalized spacial score (nSPS) is 18.5. The van der Waals surface area contributed by atoms with Gasteiger partial charge in [0.15, 0.2) is 0 Å². The summed E-state index contributed by atoms with van der Waals surface area (Å²) < 4.78 is 6.10. The molecule has 2 aliphatic rings. The van der Waals surface area contributed by atoms with Crippen molar-refractivity contribution in [3.63, 3.8) is 0 Å². The zero-order valence-electron chi connectivity index (χ0n) is 15.5. The molecule has 2 fully saturated rings. The molecule has 4 heteroatoms. The molecule has 26 heavy (non-hydrogen) atoms. The van der Waals surface area contributed by atoms with Crippen LogP contribution >= 0.6 is 0 Å². The Balaban J connectivity index is 1.54. The van der Waals surface area contributed by atoms with Crippen LogP contribution in [0.2, 0.25) is 0 Å². The topological polar surface area (TPSA) is 51.4 Å². The molecule has 1 aliphatic carbocycles. The molecule has 0 amide bonds. The smallest absolute Gasteiger partial charge is 0.124 e. The molecule has 1 saturated carbocycles. The summed E-state index contributed by atoms with van der Waals surface area (Å²) in [4.78, 5) is 7.04. The van der Waals surface area contributed by atoms with Crippen LogP contribution in [0.25, 0.3) is 11.3 Å². The molecule has 4 nitrogen and oxygen atoms in total. The monoisotopic (exact) mass is 351 g/mol. The quantitative estimate of drug-likeness (QED) is 0.834. The molecular formula is C22H29N3O. The highest BCUT2D eigenvalue weighted by atomic mass is 16.5. The maximum absolute atomic E-state index is 6.10. The Morgan fingerprint density at radius 3 is 2.62 bits per heavy atom. The van der Waals surface area contributed by atoms with Gasteiger partial charge in [-0.2, -0.15) is 0 Å². The highest BCUT2D eigenvalue weighted by Crippen LogP contribution is 2.40. The molecule has 1 aromatic carbocycles. The standard InChI is InChI=1S/C22H29N3O/c23-22-9-5-8-21(24-22)19-11-10-18(16-20(19)17-6-1-2-7-17)26-15-14-25-12-3-4-13-25/h5,8-11,16-17H,1-4,6-7,12-15H2,(H2,23,24). The minimum atomic E-state index is 0.575. The van der Waals surface area contributed by atoms with Gasteiger partial charge >= 0.3 is 0 Å². The van der Waals surface area contributed by atoms with Crippen LogP contribution in [-0.4, -0.2) is 36.1 Å². The largest absolute Gasteiger partial charge is 0.492 e. The molecular weight excluding hydrogens is 322 g/mol. The van der Waals surface area contributed by atoms with Crippen molar-refractivity contribution in [1.82, 2.24) is 9.88 Å². The number of aromatic nitrogens is 1. The van der Waals surface area contributed by atoms with Crippen LogP contribution in [0.15, 0.2) is 36.4 Å². The predicted octanol–water partition coefficient (Wildman–Crippen LogP) is 4.46. The van der Waals surface area contributed by atoms with E-state index < -0.39 is 0 Å². The number of likely N-dealkylation sites (tertiary alicyclic amines) is 1. The number of nitrogen functional groups attached to an aromatic ring is 1. The second kappa shape index (κ2) is 8.09. The number of nitrogens with zero attached hydrogens (tertiary/aromatic N) is 2. The van der Waals surface area contributed by atoms with Crippen molar-refractivity contribution < 1.29 is 4.74 Å². The molecule has 0 radical (unpaired) electrons. The zero-order valence-corrected chi connectivity index (χ0v) is 15.5. The first-order valence-corrected chi connectivity index (χ1v) is 10.0. The van der Waals surface area contributed by atoms with E-state index in [9.17, 15) is 0 Å². The molecule has 1 saturated heterocycles. The Labute approximate surface area is 156 Å². The van der Waals surface area contributed by atoms with Crippen molar-refractivity contribution in [1.29, 1.82) is 0 Å². The van der Waals surface area contributed by atoms with Gasteiger partial charge in [-0.05, 0) is 80.6 Å². The van der Waals surface area contributed by atoms with Crippen molar-refractivity contribution in [3.05, 3.63) is 42.0 Å². The van der Waals surface area contributed by atoms with Gasteiger partial charge < -0.3 is 10.5 Å². The van der Waals surface area contributed by atoms with Gasteiger partial charge in [-0.1, -0.05) is 18.9 Å². The van der Waals surface area contributed by atoms with E-state index in [-0.39, 0.29) is 0 Å². The van der Waals surface area contributed by atoms with Crippen LogP contribution in [-0.2, 0) is 0 Å². The van der Waals surface area contributed by atoms with Gasteiger partial charge in [0.05, 0.1) is 5.69 Å². The Morgan fingerprint density at radius 1 is 1.04 bits per heavy atom. The number of hydrogen-bond acceptors (Lipinski definition) is 4. The van der Waals surface area contributed by atoms with Crippen molar-refractivity contribution in [3.8, 4) is 17.0 Å². The number of hydrogen-bond donors (Lipinski definition) is 1. The van der Waals surface area contributed by atoms with E-state index in [0.717, 1.165) is 24.6 Å². The predicted molar refractivity (Wildman–Crippen MR) is 106 cm³/mol. The number of rotatable bonds is 6. The molecule has 2 heterocycles. The SMILES string of the molecule is Nc1cccc(-c2ccc(OCCN3CCCC3)cc2C2CCCC2)n1. The minimum absolute atomic E-state index is 0.575. The van der Waals surface area contributed by atoms with Crippen molar-refractivity contribution >= 4 is 5.82 Å². The van der Waals surface area contributed by atoms with Gasteiger partial charge in [-0.25, -0.2) is 4.98 Å². The van der Waals surface area contributed by atoms with E-state index in [1.54, 1.807) is 0 Å². The number of anilines is 1. The highest BCUT2D eigenvalue weighted by molar-refractivity contribution is 5.67. The van der Waals surface area contributed by atoms with Crippen LogP contribution in [0.4, 0.5) is 5.82 Å². The zero-order chi connectivity index (χ0) is 17.8. The third kappa shape index (κ3) is 4.01. The Bertz CT molecular complexity index is 734. The van der Waals surface area contributed by atoms with Gasteiger partial charge in [-0.15, -0.1) is 0 Å². The fraction of sp³-hybridized carbons (Fsp3) is 0.500. The number of pyridine rings is 1. The van der Waals surface area contributed by atoms with Crippen LogP contribution in [0.1, 0.15) is 50.0 Å². The summed E-state index contributed by atoms with van der Waals surface area (Å²) in [5.74, 6) is 2.17. The second-order valence-corrected chi connectivity index (χ2v) is 7.58. The lowest BCUT2D eigenvalue weighted by atomic mass is 9.91. The third-order valence-corrected chi connectivity index (χ3v) is 5.74. The lowest BCUT2D eigenvalue weighted by molar-refractivity contribution is 0.237. The maximum atomic E-state index is 6.10. The molecule has 0 spiro atoms. The summed E-state index contributed by atoms with van der Waals surface area (Å²) in [6.07, 6.45) is 7.80. The van der Waals surface area contributed by atoms with Gasteiger partial charge in [0.1, 0.15) is 18.2 Å². The van der Waals surface area contributed by atoms with Gasteiger partial charge in [0.25, 0.3) is 0 Å². The summed E-state index contributed by atoms with van der Waals surface area (Å²) in [5.41, 5.74) is 9.46. The van der Waals surface area contributed by atoms with Gasteiger partial charge in [-0.3, -0.25) is 4.90 Å². The lowest BCUT2D eigenvalue weighted by Gasteiger charge is -2.19. The average Bonchev–Trinajstić information content (AvgIpc) is 3.36. The molecule has 2 N–H and O–H groups in total. The van der Waals surface area contributed by atoms with Crippen molar-refractivity contribution in [2.45, 2.75) is 44.4 Å². The summed E-state index contributed by atoms with van der Waals surface area (Å²) in [6.45, 7) is 4.23. The molecule has 1 aromatic heterocycles. The lowest BCUT2D eigenvalue weighted by Crippen LogP contribution is -2.25. The Morgan fingerprint density at radius 2 is 1.85 bits per heavy atom. The molecule has 0 atom stereocenters. The van der Waals surface area contributed by atoms with Gasteiger partial charge in [0, 0.05) is 12.1 Å². The summed E-state index contributed by atoms with van der Waals surface area (Å²) >= 11 is 0. The third-order valence-electron chi connectivity index (χ3n) is 5.74. The van der Waals surface area contributed by atoms with Crippen LogP contribution in [0.5, 0.6) is 5.75 Å². The molecule has 4 rings (SSSR count). The molecule has 0 unspecified atom stereocenters. The Kier molecular flexibility index (Phi) is 5.40.